The van der Waals surface area contributed by atoms with Crippen LogP contribution in [0.1, 0.15) is 36.0 Å². The van der Waals surface area contributed by atoms with E-state index in [4.69, 9.17) is 14.5 Å². The first-order chi connectivity index (χ1) is 16.0. The molecule has 0 aliphatic carbocycles. The average Bonchev–Trinajstić information content (AvgIpc) is 3.39. The molecule has 0 saturated heterocycles. The summed E-state index contributed by atoms with van der Waals surface area (Å²) in [6.07, 6.45) is 1.94. The average molecular weight is 440 g/mol. The van der Waals surface area contributed by atoms with Crippen LogP contribution >= 0.6 is 0 Å². The van der Waals surface area contributed by atoms with Gasteiger partial charge in [0.05, 0.1) is 6.54 Å². The van der Waals surface area contributed by atoms with Crippen molar-refractivity contribution in [2.24, 2.45) is 0 Å². The summed E-state index contributed by atoms with van der Waals surface area (Å²) in [6.45, 7) is 7.00. The minimum atomic E-state index is -0.565. The molecule has 7 heteroatoms. The lowest BCUT2D eigenvalue weighted by molar-refractivity contribution is 0.388. The number of rotatable bonds is 6. The number of pyridine rings is 1. The number of hydrogen-bond acceptors (Lipinski definition) is 5. The summed E-state index contributed by atoms with van der Waals surface area (Å²) in [4.78, 5) is 23.8. The van der Waals surface area contributed by atoms with Gasteiger partial charge in [-0.1, -0.05) is 60.6 Å². The van der Waals surface area contributed by atoms with E-state index in [9.17, 15) is 4.79 Å². The van der Waals surface area contributed by atoms with Crippen molar-refractivity contribution in [3.05, 3.63) is 87.8 Å². The van der Waals surface area contributed by atoms with E-state index in [0.29, 0.717) is 12.4 Å². The van der Waals surface area contributed by atoms with Crippen LogP contribution in [0.5, 0.6) is 0 Å². The fourth-order valence-electron chi connectivity index (χ4n) is 4.29. The van der Waals surface area contributed by atoms with Gasteiger partial charge in [-0.25, -0.2) is 14.8 Å². The van der Waals surface area contributed by atoms with Crippen molar-refractivity contribution in [2.75, 3.05) is 0 Å². The van der Waals surface area contributed by atoms with Crippen molar-refractivity contribution >= 4 is 11.2 Å². The first-order valence-electron chi connectivity index (χ1n) is 11.1. The van der Waals surface area contributed by atoms with Crippen molar-refractivity contribution < 1.29 is 4.52 Å². The number of imidazole rings is 1. The summed E-state index contributed by atoms with van der Waals surface area (Å²) in [5.41, 5.74) is 8.08. The molecule has 0 spiro atoms. The predicted octanol–water partition coefficient (Wildman–Crippen LogP) is 5.06. The van der Waals surface area contributed by atoms with Crippen LogP contribution in [0.3, 0.4) is 0 Å². The van der Waals surface area contributed by atoms with Gasteiger partial charge >= 0.3 is 5.76 Å². The van der Waals surface area contributed by atoms with Gasteiger partial charge in [0.25, 0.3) is 0 Å². The van der Waals surface area contributed by atoms with Crippen LogP contribution in [0.15, 0.2) is 63.9 Å². The molecule has 5 aromatic rings. The Balaban J connectivity index is 1.51. The molecule has 2 aromatic carbocycles. The Labute approximate surface area is 191 Å². The highest BCUT2D eigenvalue weighted by Gasteiger charge is 2.15. The maximum Gasteiger partial charge on any atom is 0.439 e. The van der Waals surface area contributed by atoms with E-state index in [2.05, 4.69) is 58.9 Å². The van der Waals surface area contributed by atoms with Crippen LogP contribution in [-0.4, -0.2) is 24.7 Å². The minimum Gasteiger partial charge on any atom is -0.308 e. The molecule has 0 radical (unpaired) electrons. The molecular formula is C26H25N5O2. The molecule has 0 aliphatic rings. The Bertz CT molecular complexity index is 1490. The Morgan fingerprint density at radius 1 is 1.00 bits per heavy atom. The molecule has 1 N–H and O–H groups in total. The minimum absolute atomic E-state index is 0.422. The zero-order valence-corrected chi connectivity index (χ0v) is 18.9. The molecule has 0 bridgehead atoms. The van der Waals surface area contributed by atoms with E-state index in [-0.39, 0.29) is 0 Å². The van der Waals surface area contributed by atoms with Gasteiger partial charge in [-0.05, 0) is 48.6 Å². The number of aromatic amines is 1. The largest absolute Gasteiger partial charge is 0.439 e. The lowest BCUT2D eigenvalue weighted by atomic mass is 9.98. The van der Waals surface area contributed by atoms with Crippen molar-refractivity contribution in [1.82, 2.24) is 24.7 Å². The second-order valence-corrected chi connectivity index (χ2v) is 8.30. The van der Waals surface area contributed by atoms with Crippen molar-refractivity contribution in [2.45, 2.75) is 40.2 Å². The molecule has 0 atom stereocenters. The third-order valence-electron chi connectivity index (χ3n) is 5.80. The molecule has 3 heterocycles. The normalized spacial score (nSPS) is 11.4. The fraction of sp³-hybridized carbons (Fsp3) is 0.231. The smallest absolute Gasteiger partial charge is 0.308 e. The predicted molar refractivity (Wildman–Crippen MR) is 128 cm³/mol. The molecule has 33 heavy (non-hydrogen) atoms. The number of aryl methyl sites for hydroxylation is 3. The van der Waals surface area contributed by atoms with Gasteiger partial charge in [-0.2, -0.15) is 0 Å². The van der Waals surface area contributed by atoms with Gasteiger partial charge in [0.1, 0.15) is 11.3 Å². The van der Waals surface area contributed by atoms with E-state index in [0.717, 1.165) is 57.8 Å². The van der Waals surface area contributed by atoms with E-state index < -0.39 is 5.76 Å². The Morgan fingerprint density at radius 3 is 2.45 bits per heavy atom. The summed E-state index contributed by atoms with van der Waals surface area (Å²) in [5, 5.41) is 3.85. The number of H-pyrrole nitrogens is 1. The number of aromatic nitrogens is 5. The van der Waals surface area contributed by atoms with Crippen molar-refractivity contribution in [3.8, 4) is 22.5 Å². The number of fused-ring (bicyclic) bond motifs is 1. The molecule has 0 saturated carbocycles. The molecule has 7 nitrogen and oxygen atoms in total. The third kappa shape index (κ3) is 3.98. The summed E-state index contributed by atoms with van der Waals surface area (Å²) >= 11 is 0. The summed E-state index contributed by atoms with van der Waals surface area (Å²) < 4.78 is 6.93. The van der Waals surface area contributed by atoms with E-state index in [1.165, 1.54) is 5.56 Å². The van der Waals surface area contributed by atoms with E-state index in [1.807, 2.05) is 31.2 Å². The van der Waals surface area contributed by atoms with Crippen molar-refractivity contribution in [3.63, 3.8) is 0 Å². The molecule has 3 aromatic heterocycles. The van der Waals surface area contributed by atoms with Crippen LogP contribution < -0.4 is 5.76 Å². The topological polar surface area (TPSA) is 89.6 Å². The van der Waals surface area contributed by atoms with Gasteiger partial charge < -0.3 is 4.57 Å². The highest BCUT2D eigenvalue weighted by Crippen LogP contribution is 2.30. The fourth-order valence-corrected chi connectivity index (χ4v) is 4.29. The Kier molecular flexibility index (Phi) is 5.38. The lowest BCUT2D eigenvalue weighted by Crippen LogP contribution is -2.06. The SMILES string of the molecule is CCCc1nc2c(C)cc(C)nc2n1Cc1ccc(-c2ccccc2-c2noc(=O)[nH]2)cc1. The number of benzene rings is 2. The second kappa shape index (κ2) is 8.50. The zero-order chi connectivity index (χ0) is 22.9. The molecule has 0 unspecified atom stereocenters. The van der Waals surface area contributed by atoms with Gasteiger partial charge in [0.15, 0.2) is 11.5 Å². The maximum atomic E-state index is 11.4. The number of hydrogen-bond donors (Lipinski definition) is 1. The van der Waals surface area contributed by atoms with E-state index in [1.54, 1.807) is 0 Å². The Morgan fingerprint density at radius 2 is 1.76 bits per heavy atom. The number of nitrogens with one attached hydrogen (secondary N) is 1. The van der Waals surface area contributed by atoms with Gasteiger partial charge in [0.2, 0.25) is 0 Å². The molecule has 0 aliphatic heterocycles. The quantitative estimate of drug-likeness (QED) is 0.399. The van der Waals surface area contributed by atoms with Crippen molar-refractivity contribution in [1.29, 1.82) is 0 Å². The summed E-state index contributed by atoms with van der Waals surface area (Å²) in [5.74, 6) is 0.924. The molecule has 0 fully saturated rings. The van der Waals surface area contributed by atoms with Gasteiger partial charge in [0, 0.05) is 17.7 Å². The van der Waals surface area contributed by atoms with Crippen LogP contribution in [0.4, 0.5) is 0 Å². The standard InChI is InChI=1S/C26H25N5O2/c1-4-7-22-28-23-16(2)14-17(3)27-25(23)31(22)15-18-10-12-19(13-11-18)20-8-5-6-9-21(20)24-29-26(32)33-30-24/h5-6,8-14H,4,7,15H2,1-3H3,(H,29,30,32). The summed E-state index contributed by atoms with van der Waals surface area (Å²) in [6, 6.07) is 18.3. The molecular weight excluding hydrogens is 414 g/mol. The second-order valence-electron chi connectivity index (χ2n) is 8.30. The highest BCUT2D eigenvalue weighted by molar-refractivity contribution is 5.80. The monoisotopic (exact) mass is 439 g/mol. The maximum absolute atomic E-state index is 11.4. The highest BCUT2D eigenvalue weighted by atomic mass is 16.5. The first-order valence-corrected chi connectivity index (χ1v) is 11.1. The van der Waals surface area contributed by atoms with Crippen LogP contribution in [-0.2, 0) is 13.0 Å². The summed E-state index contributed by atoms with van der Waals surface area (Å²) in [7, 11) is 0. The van der Waals surface area contributed by atoms with Crippen LogP contribution in [0.2, 0.25) is 0 Å². The van der Waals surface area contributed by atoms with E-state index >= 15 is 0 Å². The molecule has 166 valence electrons. The van der Waals surface area contributed by atoms with Crippen LogP contribution in [0.25, 0.3) is 33.7 Å². The third-order valence-corrected chi connectivity index (χ3v) is 5.80. The zero-order valence-electron chi connectivity index (χ0n) is 18.9. The molecule has 5 rings (SSSR count). The molecule has 0 amide bonds. The lowest BCUT2D eigenvalue weighted by Gasteiger charge is -2.11. The Hall–Kier alpha value is -4.00. The first kappa shape index (κ1) is 20.9. The van der Waals surface area contributed by atoms with Gasteiger partial charge in [-0.15, -0.1) is 0 Å². The number of nitrogens with zero attached hydrogens (tertiary/aromatic N) is 4. The van der Waals surface area contributed by atoms with Crippen LogP contribution in [0, 0.1) is 13.8 Å². The van der Waals surface area contributed by atoms with Gasteiger partial charge in [-0.3, -0.25) is 9.51 Å².